The molecule has 1 N–H and O–H groups in total. The lowest BCUT2D eigenvalue weighted by molar-refractivity contribution is -0.139. The van der Waals surface area contributed by atoms with Gasteiger partial charge < -0.3 is 10.2 Å². The Bertz CT molecular complexity index is 1350. The Balaban J connectivity index is 2.00. The van der Waals surface area contributed by atoms with Gasteiger partial charge in [0.05, 0.1) is 10.6 Å². The van der Waals surface area contributed by atoms with Gasteiger partial charge in [0.25, 0.3) is 10.0 Å². The molecule has 0 unspecified atom stereocenters. The van der Waals surface area contributed by atoms with Gasteiger partial charge in [0.2, 0.25) is 11.8 Å². The zero-order chi connectivity index (χ0) is 27.7. The van der Waals surface area contributed by atoms with Gasteiger partial charge in [-0.05, 0) is 61.7 Å². The number of amides is 2. The first-order valence-corrected chi connectivity index (χ1v) is 14.4. The lowest BCUT2D eigenvalue weighted by Gasteiger charge is -2.32. The van der Waals surface area contributed by atoms with Crippen molar-refractivity contribution < 1.29 is 18.0 Å². The average molecular weight is 556 g/mol. The third-order valence-corrected chi connectivity index (χ3v) is 8.35. The summed E-state index contributed by atoms with van der Waals surface area (Å²) in [7, 11) is -4.08. The molecule has 1 atom stereocenters. The lowest BCUT2D eigenvalue weighted by atomic mass is 10.1. The summed E-state index contributed by atoms with van der Waals surface area (Å²) in [6.07, 6.45) is 1.73. The van der Waals surface area contributed by atoms with Gasteiger partial charge in [0.1, 0.15) is 12.6 Å². The molecule has 0 fully saturated rings. The standard InChI is InChI=1S/C29H34ClN3O4S/c1-4-5-18-31-29(35)23(3)32(20-24-13-9-10-17-27(24)30)28(34)21-33(25-14-11-12-22(2)19-25)38(36,37)26-15-7-6-8-16-26/h6-17,19,23H,4-5,18,20-21H2,1-3H3,(H,31,35)/t23-/m0/s1. The van der Waals surface area contributed by atoms with Crippen LogP contribution in [0, 0.1) is 6.92 Å². The zero-order valence-electron chi connectivity index (χ0n) is 21.9. The van der Waals surface area contributed by atoms with Crippen LogP contribution in [0.15, 0.2) is 83.8 Å². The fourth-order valence-electron chi connectivity index (χ4n) is 3.96. The Labute approximate surface area is 230 Å². The van der Waals surface area contributed by atoms with E-state index in [4.69, 9.17) is 11.6 Å². The molecule has 9 heteroatoms. The molecule has 0 heterocycles. The minimum atomic E-state index is -4.08. The molecular weight excluding hydrogens is 522 g/mol. The molecule has 202 valence electrons. The second-order valence-electron chi connectivity index (χ2n) is 9.10. The Hall–Kier alpha value is -3.36. The summed E-state index contributed by atoms with van der Waals surface area (Å²) in [5, 5.41) is 3.32. The number of nitrogens with zero attached hydrogens (tertiary/aromatic N) is 2. The average Bonchev–Trinajstić information content (AvgIpc) is 2.91. The predicted octanol–water partition coefficient (Wildman–Crippen LogP) is 5.18. The van der Waals surface area contributed by atoms with E-state index in [1.54, 1.807) is 67.6 Å². The normalized spacial score (nSPS) is 12.0. The molecule has 3 aromatic rings. The van der Waals surface area contributed by atoms with E-state index in [0.717, 1.165) is 22.7 Å². The SMILES string of the molecule is CCCCNC(=O)[C@H](C)N(Cc1ccccc1Cl)C(=O)CN(c1cccc(C)c1)S(=O)(=O)c1ccccc1. The number of sulfonamides is 1. The van der Waals surface area contributed by atoms with Crippen LogP contribution in [-0.4, -0.2) is 44.3 Å². The molecule has 0 radical (unpaired) electrons. The van der Waals surface area contributed by atoms with Crippen molar-refractivity contribution in [3.05, 3.63) is 95.0 Å². The summed E-state index contributed by atoms with van der Waals surface area (Å²) < 4.78 is 28.6. The van der Waals surface area contributed by atoms with Crippen LogP contribution in [0.3, 0.4) is 0 Å². The van der Waals surface area contributed by atoms with Gasteiger partial charge in [-0.15, -0.1) is 0 Å². The molecule has 7 nitrogen and oxygen atoms in total. The van der Waals surface area contributed by atoms with Crippen LogP contribution in [0.5, 0.6) is 0 Å². The molecule has 0 aliphatic rings. The smallest absolute Gasteiger partial charge is 0.264 e. The second kappa shape index (κ2) is 13.4. The molecule has 0 saturated carbocycles. The first-order chi connectivity index (χ1) is 18.1. The quantitative estimate of drug-likeness (QED) is 0.312. The van der Waals surface area contributed by atoms with E-state index in [2.05, 4.69) is 5.32 Å². The van der Waals surface area contributed by atoms with Gasteiger partial charge in [0, 0.05) is 18.1 Å². The maximum Gasteiger partial charge on any atom is 0.264 e. The Kier molecular flexibility index (Phi) is 10.3. The van der Waals surface area contributed by atoms with E-state index >= 15 is 0 Å². The van der Waals surface area contributed by atoms with Crippen molar-refractivity contribution in [1.29, 1.82) is 0 Å². The van der Waals surface area contributed by atoms with E-state index in [1.165, 1.54) is 17.0 Å². The summed E-state index contributed by atoms with van der Waals surface area (Å²) in [6, 6.07) is 21.2. The zero-order valence-corrected chi connectivity index (χ0v) is 23.5. The first kappa shape index (κ1) is 29.2. The highest BCUT2D eigenvalue weighted by molar-refractivity contribution is 7.92. The number of hydrogen-bond donors (Lipinski definition) is 1. The number of halogens is 1. The maximum absolute atomic E-state index is 13.9. The minimum absolute atomic E-state index is 0.0495. The molecule has 0 saturated heterocycles. The Morgan fingerprint density at radius 2 is 1.66 bits per heavy atom. The minimum Gasteiger partial charge on any atom is -0.354 e. The number of rotatable bonds is 12. The van der Waals surface area contributed by atoms with Gasteiger partial charge >= 0.3 is 0 Å². The second-order valence-corrected chi connectivity index (χ2v) is 11.4. The highest BCUT2D eigenvalue weighted by atomic mass is 35.5. The van der Waals surface area contributed by atoms with Crippen molar-refractivity contribution in [2.24, 2.45) is 0 Å². The van der Waals surface area contributed by atoms with Gasteiger partial charge in [-0.2, -0.15) is 0 Å². The van der Waals surface area contributed by atoms with Crippen molar-refractivity contribution in [2.45, 2.75) is 51.1 Å². The predicted molar refractivity (Wildman–Crippen MR) is 152 cm³/mol. The van der Waals surface area contributed by atoms with Crippen LogP contribution in [0.1, 0.15) is 37.8 Å². The fourth-order valence-corrected chi connectivity index (χ4v) is 5.58. The Morgan fingerprint density at radius 3 is 2.32 bits per heavy atom. The highest BCUT2D eigenvalue weighted by Gasteiger charge is 2.32. The number of nitrogens with one attached hydrogen (secondary N) is 1. The molecule has 38 heavy (non-hydrogen) atoms. The van der Waals surface area contributed by atoms with Crippen molar-refractivity contribution >= 4 is 39.1 Å². The van der Waals surface area contributed by atoms with Crippen LogP contribution in [0.25, 0.3) is 0 Å². The molecule has 0 aromatic heterocycles. The van der Waals surface area contributed by atoms with E-state index in [0.29, 0.717) is 22.8 Å². The number of carbonyl (C=O) groups excluding carboxylic acids is 2. The molecule has 0 spiro atoms. The molecular formula is C29H34ClN3O4S. The van der Waals surface area contributed by atoms with Crippen molar-refractivity contribution in [2.75, 3.05) is 17.4 Å². The monoisotopic (exact) mass is 555 g/mol. The topological polar surface area (TPSA) is 86.8 Å². The van der Waals surface area contributed by atoms with E-state index < -0.39 is 28.5 Å². The number of anilines is 1. The highest BCUT2D eigenvalue weighted by Crippen LogP contribution is 2.26. The van der Waals surface area contributed by atoms with Gasteiger partial charge in [0.15, 0.2) is 0 Å². The molecule has 0 bridgehead atoms. The van der Waals surface area contributed by atoms with Crippen LogP contribution >= 0.6 is 11.6 Å². The lowest BCUT2D eigenvalue weighted by Crippen LogP contribution is -2.51. The third kappa shape index (κ3) is 7.36. The largest absolute Gasteiger partial charge is 0.354 e. The summed E-state index contributed by atoms with van der Waals surface area (Å²) in [5.74, 6) is -0.837. The van der Waals surface area contributed by atoms with Gasteiger partial charge in [-0.3, -0.25) is 13.9 Å². The number of benzene rings is 3. The summed E-state index contributed by atoms with van der Waals surface area (Å²) >= 11 is 6.39. The first-order valence-electron chi connectivity index (χ1n) is 12.6. The van der Waals surface area contributed by atoms with Gasteiger partial charge in [-0.25, -0.2) is 8.42 Å². The third-order valence-electron chi connectivity index (χ3n) is 6.20. The maximum atomic E-state index is 13.9. The van der Waals surface area contributed by atoms with Gasteiger partial charge in [-0.1, -0.05) is 73.5 Å². The number of aryl methyl sites for hydroxylation is 1. The van der Waals surface area contributed by atoms with Crippen LogP contribution < -0.4 is 9.62 Å². The summed E-state index contributed by atoms with van der Waals surface area (Å²) in [6.45, 7) is 5.57. The molecule has 2 amide bonds. The van der Waals surface area contributed by atoms with Crippen LogP contribution in [-0.2, 0) is 26.2 Å². The van der Waals surface area contributed by atoms with E-state index in [9.17, 15) is 18.0 Å². The number of hydrogen-bond acceptors (Lipinski definition) is 4. The fraction of sp³-hybridized carbons (Fsp3) is 0.310. The van der Waals surface area contributed by atoms with Crippen molar-refractivity contribution in [1.82, 2.24) is 10.2 Å². The van der Waals surface area contributed by atoms with E-state index in [1.807, 2.05) is 19.9 Å². The number of unbranched alkanes of at least 4 members (excludes halogenated alkanes) is 1. The van der Waals surface area contributed by atoms with Crippen molar-refractivity contribution in [3.8, 4) is 0 Å². The Morgan fingerprint density at radius 1 is 0.974 bits per heavy atom. The summed E-state index contributed by atoms with van der Waals surface area (Å²) in [4.78, 5) is 28.3. The molecule has 3 aromatic carbocycles. The van der Waals surface area contributed by atoms with Crippen molar-refractivity contribution in [3.63, 3.8) is 0 Å². The van der Waals surface area contributed by atoms with E-state index in [-0.39, 0.29) is 17.3 Å². The summed E-state index contributed by atoms with van der Waals surface area (Å²) in [5.41, 5.74) is 1.86. The number of carbonyl (C=O) groups is 2. The van der Waals surface area contributed by atoms with Crippen LogP contribution in [0.4, 0.5) is 5.69 Å². The molecule has 3 rings (SSSR count). The molecule has 0 aliphatic heterocycles. The van der Waals surface area contributed by atoms with Crippen LogP contribution in [0.2, 0.25) is 5.02 Å². The molecule has 0 aliphatic carbocycles.